The Morgan fingerprint density at radius 2 is 2.07 bits per heavy atom. The van der Waals surface area contributed by atoms with Crippen molar-refractivity contribution < 1.29 is 9.36 Å². The highest BCUT2D eigenvalue weighted by Crippen LogP contribution is 2.23. The largest absolute Gasteiger partial charge is 0.299 e. The zero-order valence-electron chi connectivity index (χ0n) is 9.28. The van der Waals surface area contributed by atoms with E-state index in [2.05, 4.69) is 12.1 Å². The molecule has 2 heteroatoms. The lowest BCUT2D eigenvalue weighted by molar-refractivity contribution is -0.671. The summed E-state index contributed by atoms with van der Waals surface area (Å²) in [6.07, 6.45) is 9.21. The zero-order valence-corrected chi connectivity index (χ0v) is 9.28. The van der Waals surface area contributed by atoms with Gasteiger partial charge < -0.3 is 0 Å². The molecule has 1 aromatic heterocycles. The molecule has 1 aromatic rings. The number of hydrogen-bond acceptors (Lipinski definition) is 1. The molecule has 2 rings (SSSR count). The van der Waals surface area contributed by atoms with Crippen molar-refractivity contribution in [3.8, 4) is 0 Å². The molecule has 0 N–H and O–H groups in total. The summed E-state index contributed by atoms with van der Waals surface area (Å²) >= 11 is 0. The van der Waals surface area contributed by atoms with E-state index in [1.807, 2.05) is 24.0 Å². The fourth-order valence-electron chi connectivity index (χ4n) is 2.22. The first-order valence-electron chi connectivity index (χ1n) is 5.72. The lowest BCUT2D eigenvalue weighted by Crippen LogP contribution is -2.27. The van der Waals surface area contributed by atoms with Crippen molar-refractivity contribution in [2.24, 2.45) is 13.0 Å². The van der Waals surface area contributed by atoms with Gasteiger partial charge in [-0.05, 0) is 24.8 Å². The molecule has 1 heterocycles. The number of carbonyl (C=O) groups excluding carboxylic acids is 1. The second kappa shape index (κ2) is 4.56. The molecule has 1 atom stereocenters. The van der Waals surface area contributed by atoms with Crippen LogP contribution in [0.25, 0.3) is 0 Å². The number of Topliss-reactive ketones (excluding diaryl/α,β-unsaturated/α-hetero) is 1. The van der Waals surface area contributed by atoms with E-state index in [-0.39, 0.29) is 5.92 Å². The second-order valence-electron chi connectivity index (χ2n) is 4.49. The highest BCUT2D eigenvalue weighted by molar-refractivity contribution is 5.81. The SMILES string of the molecule is C[n+]1ccc(CC2CCCCC2=O)cc1. The first kappa shape index (κ1) is 10.3. The molecule has 1 saturated carbocycles. The standard InChI is InChI=1S/C13H18NO/c1-14-8-6-11(7-9-14)10-12-4-2-3-5-13(12)15/h6-9,12H,2-5,10H2,1H3/q+1. The van der Waals surface area contributed by atoms with Gasteiger partial charge in [-0.1, -0.05) is 6.42 Å². The molecule has 0 radical (unpaired) electrons. The van der Waals surface area contributed by atoms with Gasteiger partial charge >= 0.3 is 0 Å². The minimum atomic E-state index is 0.284. The third-order valence-electron chi connectivity index (χ3n) is 3.21. The van der Waals surface area contributed by atoms with Crippen LogP contribution in [0.2, 0.25) is 0 Å². The van der Waals surface area contributed by atoms with Gasteiger partial charge in [0.1, 0.15) is 12.8 Å². The van der Waals surface area contributed by atoms with Crippen molar-refractivity contribution in [2.45, 2.75) is 32.1 Å². The van der Waals surface area contributed by atoms with Crippen LogP contribution in [-0.4, -0.2) is 5.78 Å². The summed E-state index contributed by atoms with van der Waals surface area (Å²) in [5.74, 6) is 0.751. The normalized spacial score (nSPS) is 21.7. The van der Waals surface area contributed by atoms with E-state index in [1.165, 1.54) is 12.0 Å². The fourth-order valence-corrected chi connectivity index (χ4v) is 2.22. The molecule has 1 unspecified atom stereocenters. The van der Waals surface area contributed by atoms with Gasteiger partial charge in [-0.3, -0.25) is 4.79 Å². The van der Waals surface area contributed by atoms with Gasteiger partial charge in [-0.25, -0.2) is 4.57 Å². The fraction of sp³-hybridized carbons (Fsp3) is 0.538. The quantitative estimate of drug-likeness (QED) is 0.673. The predicted molar refractivity (Wildman–Crippen MR) is 58.3 cm³/mol. The van der Waals surface area contributed by atoms with Gasteiger partial charge in [-0.15, -0.1) is 0 Å². The minimum absolute atomic E-state index is 0.284. The predicted octanol–water partition coefficient (Wildman–Crippen LogP) is 1.81. The first-order chi connectivity index (χ1) is 7.25. The Bertz CT molecular complexity index is 342. The van der Waals surface area contributed by atoms with Gasteiger partial charge in [0.05, 0.1) is 0 Å². The van der Waals surface area contributed by atoms with Crippen LogP contribution >= 0.6 is 0 Å². The van der Waals surface area contributed by atoms with Crippen LogP contribution in [-0.2, 0) is 18.3 Å². The topological polar surface area (TPSA) is 20.9 Å². The van der Waals surface area contributed by atoms with Crippen molar-refractivity contribution in [2.75, 3.05) is 0 Å². The van der Waals surface area contributed by atoms with E-state index in [4.69, 9.17) is 0 Å². The number of ketones is 1. The highest BCUT2D eigenvalue weighted by atomic mass is 16.1. The third-order valence-corrected chi connectivity index (χ3v) is 3.21. The van der Waals surface area contributed by atoms with E-state index in [0.717, 1.165) is 25.7 Å². The van der Waals surface area contributed by atoms with E-state index in [0.29, 0.717) is 5.78 Å². The molecule has 0 aromatic carbocycles. The molecule has 0 spiro atoms. The van der Waals surface area contributed by atoms with Crippen LogP contribution in [0.5, 0.6) is 0 Å². The average Bonchev–Trinajstić information content (AvgIpc) is 2.25. The molecule has 1 aliphatic rings. The lowest BCUT2D eigenvalue weighted by Gasteiger charge is -2.19. The maximum atomic E-state index is 11.7. The Kier molecular flexibility index (Phi) is 3.14. The summed E-state index contributed by atoms with van der Waals surface area (Å²) in [6.45, 7) is 0. The molecule has 0 aliphatic heterocycles. The first-order valence-corrected chi connectivity index (χ1v) is 5.72. The Morgan fingerprint density at radius 1 is 1.33 bits per heavy atom. The molecule has 15 heavy (non-hydrogen) atoms. The monoisotopic (exact) mass is 204 g/mol. The number of aromatic nitrogens is 1. The van der Waals surface area contributed by atoms with Crippen LogP contribution < -0.4 is 4.57 Å². The lowest BCUT2D eigenvalue weighted by atomic mass is 9.84. The van der Waals surface area contributed by atoms with Crippen LogP contribution in [0.3, 0.4) is 0 Å². The van der Waals surface area contributed by atoms with E-state index < -0.39 is 0 Å². The van der Waals surface area contributed by atoms with Crippen LogP contribution in [0.1, 0.15) is 31.2 Å². The van der Waals surface area contributed by atoms with Gasteiger partial charge in [0.15, 0.2) is 12.4 Å². The molecule has 0 saturated heterocycles. The third kappa shape index (κ3) is 2.65. The average molecular weight is 204 g/mol. The minimum Gasteiger partial charge on any atom is -0.299 e. The van der Waals surface area contributed by atoms with Crippen molar-refractivity contribution in [1.29, 1.82) is 0 Å². The second-order valence-corrected chi connectivity index (χ2v) is 4.49. The number of aryl methyl sites for hydroxylation is 1. The summed E-state index contributed by atoms with van der Waals surface area (Å²) in [5.41, 5.74) is 1.29. The number of pyridine rings is 1. The zero-order chi connectivity index (χ0) is 10.7. The molecule has 0 amide bonds. The van der Waals surface area contributed by atoms with Crippen LogP contribution in [0.4, 0.5) is 0 Å². The maximum absolute atomic E-state index is 11.7. The number of carbonyl (C=O) groups is 1. The van der Waals surface area contributed by atoms with Gasteiger partial charge in [-0.2, -0.15) is 0 Å². The summed E-state index contributed by atoms with van der Waals surface area (Å²) in [5, 5.41) is 0. The van der Waals surface area contributed by atoms with Crippen LogP contribution in [0.15, 0.2) is 24.5 Å². The van der Waals surface area contributed by atoms with E-state index in [1.54, 1.807) is 0 Å². The summed E-state index contributed by atoms with van der Waals surface area (Å²) in [4.78, 5) is 11.7. The van der Waals surface area contributed by atoms with E-state index >= 15 is 0 Å². The summed E-state index contributed by atoms with van der Waals surface area (Å²) in [7, 11) is 2.01. The van der Waals surface area contributed by atoms with Crippen LogP contribution in [0, 0.1) is 5.92 Å². The molecule has 80 valence electrons. The van der Waals surface area contributed by atoms with Crippen molar-refractivity contribution in [3.05, 3.63) is 30.1 Å². The number of rotatable bonds is 2. The van der Waals surface area contributed by atoms with E-state index in [9.17, 15) is 4.79 Å². The molecule has 2 nitrogen and oxygen atoms in total. The number of nitrogens with zero attached hydrogens (tertiary/aromatic N) is 1. The highest BCUT2D eigenvalue weighted by Gasteiger charge is 2.22. The Morgan fingerprint density at radius 3 is 2.73 bits per heavy atom. The number of hydrogen-bond donors (Lipinski definition) is 0. The van der Waals surface area contributed by atoms with Crippen molar-refractivity contribution in [3.63, 3.8) is 0 Å². The van der Waals surface area contributed by atoms with Crippen molar-refractivity contribution in [1.82, 2.24) is 0 Å². The summed E-state index contributed by atoms with van der Waals surface area (Å²) in [6, 6.07) is 4.23. The summed E-state index contributed by atoms with van der Waals surface area (Å²) < 4.78 is 2.02. The molecule has 1 fully saturated rings. The van der Waals surface area contributed by atoms with Crippen molar-refractivity contribution >= 4 is 5.78 Å². The smallest absolute Gasteiger partial charge is 0.168 e. The van der Waals surface area contributed by atoms with Gasteiger partial charge in [0.25, 0.3) is 0 Å². The molecular formula is C13H18NO+. The Hall–Kier alpha value is -1.18. The Labute approximate surface area is 90.9 Å². The van der Waals surface area contributed by atoms with Gasteiger partial charge in [0, 0.05) is 24.5 Å². The van der Waals surface area contributed by atoms with Gasteiger partial charge in [0.2, 0.25) is 0 Å². The molecule has 0 bridgehead atoms. The Balaban J connectivity index is 2.01. The maximum Gasteiger partial charge on any atom is 0.168 e. The molecular weight excluding hydrogens is 186 g/mol. The molecule has 1 aliphatic carbocycles.